The summed E-state index contributed by atoms with van der Waals surface area (Å²) in [5, 5.41) is 0.206. The normalized spacial score (nSPS) is 15.9. The van der Waals surface area contributed by atoms with E-state index in [1.165, 1.54) is 5.56 Å². The second-order valence-corrected chi connectivity index (χ2v) is 3.57. The highest BCUT2D eigenvalue weighted by Crippen LogP contribution is 2.21. The summed E-state index contributed by atoms with van der Waals surface area (Å²) in [7, 11) is 0. The SMILES string of the molecule is C[C@H](Cl)[C@@H](C)c1ccccc1. The van der Waals surface area contributed by atoms with Gasteiger partial charge in [-0.15, -0.1) is 11.6 Å². The van der Waals surface area contributed by atoms with Crippen molar-refractivity contribution in [3.8, 4) is 0 Å². The molecule has 60 valence electrons. The Morgan fingerprint density at radius 2 is 1.64 bits per heavy atom. The predicted molar refractivity (Wildman–Crippen MR) is 50.2 cm³/mol. The van der Waals surface area contributed by atoms with Crippen molar-refractivity contribution in [2.24, 2.45) is 0 Å². The van der Waals surface area contributed by atoms with Gasteiger partial charge in [0.1, 0.15) is 0 Å². The Hall–Kier alpha value is -0.490. The van der Waals surface area contributed by atoms with Gasteiger partial charge in [-0.25, -0.2) is 0 Å². The zero-order valence-electron chi connectivity index (χ0n) is 6.92. The minimum Gasteiger partial charge on any atom is -0.123 e. The highest BCUT2D eigenvalue weighted by molar-refractivity contribution is 6.20. The maximum absolute atomic E-state index is 5.96. The highest BCUT2D eigenvalue weighted by Gasteiger charge is 2.09. The minimum atomic E-state index is 0.206. The zero-order chi connectivity index (χ0) is 8.27. The van der Waals surface area contributed by atoms with E-state index in [9.17, 15) is 0 Å². The Kier molecular flexibility index (Phi) is 2.95. The lowest BCUT2D eigenvalue weighted by Crippen LogP contribution is -2.04. The first kappa shape index (κ1) is 8.61. The van der Waals surface area contributed by atoms with Crippen molar-refractivity contribution in [2.75, 3.05) is 0 Å². The van der Waals surface area contributed by atoms with E-state index in [1.54, 1.807) is 0 Å². The van der Waals surface area contributed by atoms with Gasteiger partial charge in [0, 0.05) is 5.38 Å². The van der Waals surface area contributed by atoms with Crippen molar-refractivity contribution in [1.29, 1.82) is 0 Å². The second-order valence-electron chi connectivity index (χ2n) is 2.88. The van der Waals surface area contributed by atoms with Crippen LogP contribution >= 0.6 is 11.6 Å². The molecule has 0 saturated heterocycles. The average Bonchev–Trinajstić information content (AvgIpc) is 2.05. The smallest absolute Gasteiger partial charge is 0.0373 e. The fourth-order valence-electron chi connectivity index (χ4n) is 1.02. The second kappa shape index (κ2) is 3.77. The first-order chi connectivity index (χ1) is 5.22. The topological polar surface area (TPSA) is 0 Å². The van der Waals surface area contributed by atoms with Crippen molar-refractivity contribution >= 4 is 11.6 Å². The molecule has 2 atom stereocenters. The maximum Gasteiger partial charge on any atom is 0.0373 e. The van der Waals surface area contributed by atoms with Gasteiger partial charge in [0.15, 0.2) is 0 Å². The molecule has 0 bridgehead atoms. The number of halogens is 1. The van der Waals surface area contributed by atoms with Gasteiger partial charge in [-0.1, -0.05) is 37.3 Å². The summed E-state index contributed by atoms with van der Waals surface area (Å²) >= 11 is 5.96. The van der Waals surface area contributed by atoms with E-state index < -0.39 is 0 Å². The molecule has 11 heavy (non-hydrogen) atoms. The molecule has 1 aromatic carbocycles. The molecule has 1 rings (SSSR count). The molecule has 0 aliphatic heterocycles. The van der Waals surface area contributed by atoms with Crippen LogP contribution in [0.1, 0.15) is 25.3 Å². The first-order valence-corrected chi connectivity index (χ1v) is 4.34. The molecule has 1 heteroatoms. The van der Waals surface area contributed by atoms with Crippen LogP contribution in [0.2, 0.25) is 0 Å². The maximum atomic E-state index is 5.96. The molecular weight excluding hydrogens is 156 g/mol. The van der Waals surface area contributed by atoms with Crippen LogP contribution in [0.25, 0.3) is 0 Å². The molecular formula is C10H13Cl. The van der Waals surface area contributed by atoms with Gasteiger partial charge in [0.05, 0.1) is 0 Å². The van der Waals surface area contributed by atoms with E-state index in [0.29, 0.717) is 5.92 Å². The third-order valence-corrected chi connectivity index (χ3v) is 2.39. The molecule has 0 saturated carbocycles. The molecule has 1 aromatic rings. The van der Waals surface area contributed by atoms with Gasteiger partial charge in [0.25, 0.3) is 0 Å². The van der Waals surface area contributed by atoms with E-state index >= 15 is 0 Å². The van der Waals surface area contributed by atoms with E-state index in [2.05, 4.69) is 19.1 Å². The van der Waals surface area contributed by atoms with Crippen LogP contribution in [0.5, 0.6) is 0 Å². The van der Waals surface area contributed by atoms with Crippen LogP contribution in [0, 0.1) is 0 Å². The van der Waals surface area contributed by atoms with E-state index in [1.807, 2.05) is 25.1 Å². The van der Waals surface area contributed by atoms with Gasteiger partial charge in [-0.05, 0) is 18.4 Å². The monoisotopic (exact) mass is 168 g/mol. The highest BCUT2D eigenvalue weighted by atomic mass is 35.5. The van der Waals surface area contributed by atoms with E-state index in [-0.39, 0.29) is 5.38 Å². The average molecular weight is 169 g/mol. The Morgan fingerprint density at radius 1 is 1.09 bits per heavy atom. The Balaban J connectivity index is 2.77. The largest absolute Gasteiger partial charge is 0.123 e. The summed E-state index contributed by atoms with van der Waals surface area (Å²) < 4.78 is 0. The van der Waals surface area contributed by atoms with Gasteiger partial charge in [0.2, 0.25) is 0 Å². The van der Waals surface area contributed by atoms with Crippen LogP contribution in [0.3, 0.4) is 0 Å². The van der Waals surface area contributed by atoms with Crippen LogP contribution < -0.4 is 0 Å². The number of hydrogen-bond acceptors (Lipinski definition) is 0. The van der Waals surface area contributed by atoms with Crippen LogP contribution in [0.4, 0.5) is 0 Å². The van der Waals surface area contributed by atoms with Crippen molar-refractivity contribution in [3.63, 3.8) is 0 Å². The van der Waals surface area contributed by atoms with E-state index in [0.717, 1.165) is 0 Å². The third-order valence-electron chi connectivity index (χ3n) is 2.01. The molecule has 0 spiro atoms. The standard InChI is InChI=1S/C10H13Cl/c1-8(9(2)11)10-6-4-3-5-7-10/h3-9H,1-2H3/t8-,9+/m1/s1. The van der Waals surface area contributed by atoms with Crippen molar-refractivity contribution in [2.45, 2.75) is 25.1 Å². The predicted octanol–water partition coefficient (Wildman–Crippen LogP) is 3.42. The number of alkyl halides is 1. The van der Waals surface area contributed by atoms with Crippen molar-refractivity contribution < 1.29 is 0 Å². The van der Waals surface area contributed by atoms with Crippen molar-refractivity contribution in [1.82, 2.24) is 0 Å². The van der Waals surface area contributed by atoms with E-state index in [4.69, 9.17) is 11.6 Å². The van der Waals surface area contributed by atoms with Gasteiger partial charge >= 0.3 is 0 Å². The van der Waals surface area contributed by atoms with Gasteiger partial charge < -0.3 is 0 Å². The molecule has 0 unspecified atom stereocenters. The number of hydrogen-bond donors (Lipinski definition) is 0. The molecule has 0 amide bonds. The number of rotatable bonds is 2. The Bertz CT molecular complexity index is 203. The molecule has 0 heterocycles. The minimum absolute atomic E-state index is 0.206. The molecule has 0 aliphatic carbocycles. The third kappa shape index (κ3) is 2.23. The summed E-state index contributed by atoms with van der Waals surface area (Å²) in [6.07, 6.45) is 0. The Morgan fingerprint density at radius 3 is 2.09 bits per heavy atom. The lowest BCUT2D eigenvalue weighted by molar-refractivity contribution is 0.742. The molecule has 0 N–H and O–H groups in total. The lowest BCUT2D eigenvalue weighted by atomic mass is 9.99. The molecule has 0 nitrogen and oxygen atoms in total. The summed E-state index contributed by atoms with van der Waals surface area (Å²) in [5.74, 6) is 0.442. The zero-order valence-corrected chi connectivity index (χ0v) is 7.68. The summed E-state index contributed by atoms with van der Waals surface area (Å²) in [5.41, 5.74) is 1.31. The van der Waals surface area contributed by atoms with Crippen LogP contribution in [0.15, 0.2) is 30.3 Å². The van der Waals surface area contributed by atoms with Crippen LogP contribution in [-0.2, 0) is 0 Å². The van der Waals surface area contributed by atoms with Gasteiger partial charge in [-0.3, -0.25) is 0 Å². The van der Waals surface area contributed by atoms with Crippen molar-refractivity contribution in [3.05, 3.63) is 35.9 Å². The van der Waals surface area contributed by atoms with Gasteiger partial charge in [-0.2, -0.15) is 0 Å². The molecule has 0 fully saturated rings. The van der Waals surface area contributed by atoms with Crippen LogP contribution in [-0.4, -0.2) is 5.38 Å². The molecule has 0 aromatic heterocycles. The summed E-state index contributed by atoms with van der Waals surface area (Å²) in [4.78, 5) is 0. The number of benzene rings is 1. The first-order valence-electron chi connectivity index (χ1n) is 3.91. The fraction of sp³-hybridized carbons (Fsp3) is 0.400. The Labute approximate surface area is 73.2 Å². The summed E-state index contributed by atoms with van der Waals surface area (Å²) in [6.45, 7) is 4.17. The molecule has 0 aliphatic rings. The fourth-order valence-corrected chi connectivity index (χ4v) is 1.17. The quantitative estimate of drug-likeness (QED) is 0.594. The lowest BCUT2D eigenvalue weighted by Gasteiger charge is -2.13. The molecule has 0 radical (unpaired) electrons. The summed E-state index contributed by atoms with van der Waals surface area (Å²) in [6, 6.07) is 10.3.